The highest BCUT2D eigenvalue weighted by atomic mass is 35.5. The molecule has 2 aromatic rings. The Balaban J connectivity index is 0.00000288. The quantitative estimate of drug-likeness (QED) is 0.803. The Bertz CT molecular complexity index is 665. The molecular weight excluding hydrogens is 331 g/mol. The number of benzene rings is 2. The van der Waals surface area contributed by atoms with Crippen molar-refractivity contribution in [3.8, 4) is 5.75 Å². The SMILES string of the molecule is CC(N)CCNC(=O)c1cccc(COc2cccc(F)c2)c1.Cl. The average Bonchev–Trinajstić information content (AvgIpc) is 2.53. The number of nitrogens with one attached hydrogen (secondary N) is 1. The molecule has 0 aliphatic carbocycles. The Hall–Kier alpha value is -2.11. The molecule has 2 aromatic carbocycles. The minimum atomic E-state index is -0.343. The molecule has 0 aliphatic heterocycles. The minimum Gasteiger partial charge on any atom is -0.489 e. The van der Waals surface area contributed by atoms with E-state index in [1.807, 2.05) is 13.0 Å². The van der Waals surface area contributed by atoms with Gasteiger partial charge in [0, 0.05) is 24.2 Å². The van der Waals surface area contributed by atoms with Crippen LogP contribution in [0.5, 0.6) is 5.75 Å². The van der Waals surface area contributed by atoms with Crippen molar-refractivity contribution in [2.24, 2.45) is 5.73 Å². The molecular formula is C18H22ClFN2O2. The summed E-state index contributed by atoms with van der Waals surface area (Å²) in [6.45, 7) is 2.71. The van der Waals surface area contributed by atoms with Crippen LogP contribution in [-0.2, 0) is 6.61 Å². The van der Waals surface area contributed by atoms with Crippen molar-refractivity contribution in [1.82, 2.24) is 5.32 Å². The van der Waals surface area contributed by atoms with Crippen LogP contribution in [0.2, 0.25) is 0 Å². The molecule has 0 bridgehead atoms. The van der Waals surface area contributed by atoms with E-state index in [2.05, 4.69) is 5.32 Å². The lowest BCUT2D eigenvalue weighted by Crippen LogP contribution is -2.29. The molecule has 1 amide bonds. The molecule has 4 nitrogen and oxygen atoms in total. The molecule has 130 valence electrons. The molecule has 24 heavy (non-hydrogen) atoms. The van der Waals surface area contributed by atoms with Gasteiger partial charge in [0.25, 0.3) is 5.91 Å². The van der Waals surface area contributed by atoms with Gasteiger partial charge in [-0.2, -0.15) is 0 Å². The third kappa shape index (κ3) is 6.56. The number of carbonyl (C=O) groups is 1. The first-order chi connectivity index (χ1) is 11.0. The molecule has 0 radical (unpaired) electrons. The lowest BCUT2D eigenvalue weighted by molar-refractivity contribution is 0.0952. The molecule has 0 fully saturated rings. The molecule has 0 saturated carbocycles. The second-order valence-electron chi connectivity index (χ2n) is 5.47. The van der Waals surface area contributed by atoms with Gasteiger partial charge in [0.15, 0.2) is 0 Å². The maximum atomic E-state index is 13.1. The van der Waals surface area contributed by atoms with Gasteiger partial charge in [0.1, 0.15) is 18.2 Å². The summed E-state index contributed by atoms with van der Waals surface area (Å²) in [6.07, 6.45) is 0.730. The van der Waals surface area contributed by atoms with Gasteiger partial charge in [-0.3, -0.25) is 4.79 Å². The topological polar surface area (TPSA) is 64.3 Å². The van der Waals surface area contributed by atoms with E-state index >= 15 is 0 Å². The molecule has 0 spiro atoms. The van der Waals surface area contributed by atoms with Crippen LogP contribution < -0.4 is 15.8 Å². The number of hydrogen-bond donors (Lipinski definition) is 2. The van der Waals surface area contributed by atoms with Gasteiger partial charge in [0.2, 0.25) is 0 Å². The van der Waals surface area contributed by atoms with Crippen LogP contribution in [-0.4, -0.2) is 18.5 Å². The monoisotopic (exact) mass is 352 g/mol. The van der Waals surface area contributed by atoms with E-state index < -0.39 is 0 Å². The zero-order valence-corrected chi connectivity index (χ0v) is 14.3. The van der Waals surface area contributed by atoms with E-state index in [0.717, 1.165) is 12.0 Å². The fourth-order valence-electron chi connectivity index (χ4n) is 2.04. The third-order valence-corrected chi connectivity index (χ3v) is 3.28. The second kappa shape index (κ2) is 9.90. The molecule has 1 atom stereocenters. The van der Waals surface area contributed by atoms with E-state index in [1.54, 1.807) is 30.3 Å². The zero-order valence-electron chi connectivity index (χ0n) is 13.5. The van der Waals surface area contributed by atoms with E-state index in [-0.39, 0.29) is 36.8 Å². The molecule has 3 N–H and O–H groups in total. The first-order valence-electron chi connectivity index (χ1n) is 7.55. The third-order valence-electron chi connectivity index (χ3n) is 3.28. The number of carbonyl (C=O) groups excluding carboxylic acids is 1. The highest BCUT2D eigenvalue weighted by Gasteiger charge is 2.07. The summed E-state index contributed by atoms with van der Waals surface area (Å²) in [5, 5.41) is 2.83. The number of nitrogens with two attached hydrogens (primary N) is 1. The minimum absolute atomic E-state index is 0. The number of amides is 1. The van der Waals surface area contributed by atoms with E-state index in [0.29, 0.717) is 17.9 Å². The first kappa shape index (κ1) is 19.9. The predicted octanol–water partition coefficient (Wildman–Crippen LogP) is 3.29. The van der Waals surface area contributed by atoms with Gasteiger partial charge in [-0.15, -0.1) is 12.4 Å². The smallest absolute Gasteiger partial charge is 0.251 e. The lowest BCUT2D eigenvalue weighted by Gasteiger charge is -2.09. The highest BCUT2D eigenvalue weighted by Crippen LogP contribution is 2.15. The standard InChI is InChI=1S/C18H21FN2O2.ClH/c1-13(20)8-9-21-18(22)15-5-2-4-14(10-15)12-23-17-7-3-6-16(19)11-17;/h2-7,10-11,13H,8-9,12,20H2,1H3,(H,21,22);1H. The summed E-state index contributed by atoms with van der Waals surface area (Å²) in [5.41, 5.74) is 7.06. The molecule has 6 heteroatoms. The first-order valence-corrected chi connectivity index (χ1v) is 7.55. The number of halogens is 2. The van der Waals surface area contributed by atoms with Gasteiger partial charge in [-0.05, 0) is 43.2 Å². The summed E-state index contributed by atoms with van der Waals surface area (Å²) in [6, 6.07) is 13.2. The van der Waals surface area contributed by atoms with Crippen molar-refractivity contribution in [3.05, 3.63) is 65.5 Å². The maximum absolute atomic E-state index is 13.1. The van der Waals surface area contributed by atoms with Crippen LogP contribution in [0.3, 0.4) is 0 Å². The second-order valence-corrected chi connectivity index (χ2v) is 5.47. The van der Waals surface area contributed by atoms with Crippen LogP contribution >= 0.6 is 12.4 Å². The summed E-state index contributed by atoms with van der Waals surface area (Å²) in [7, 11) is 0. The van der Waals surface area contributed by atoms with Gasteiger partial charge >= 0.3 is 0 Å². The van der Waals surface area contributed by atoms with Crippen LogP contribution in [0.1, 0.15) is 29.3 Å². The van der Waals surface area contributed by atoms with Crippen molar-refractivity contribution in [2.75, 3.05) is 6.54 Å². The van der Waals surface area contributed by atoms with Crippen LogP contribution in [0.25, 0.3) is 0 Å². The fourth-order valence-corrected chi connectivity index (χ4v) is 2.04. The van der Waals surface area contributed by atoms with Crippen molar-refractivity contribution < 1.29 is 13.9 Å². The van der Waals surface area contributed by atoms with Crippen molar-refractivity contribution in [1.29, 1.82) is 0 Å². The Morgan fingerprint density at radius 1 is 1.25 bits per heavy atom. The molecule has 0 aromatic heterocycles. The Morgan fingerprint density at radius 2 is 2.00 bits per heavy atom. The highest BCUT2D eigenvalue weighted by molar-refractivity contribution is 5.94. The predicted molar refractivity (Wildman–Crippen MR) is 95.0 cm³/mol. The van der Waals surface area contributed by atoms with Gasteiger partial charge in [-0.25, -0.2) is 4.39 Å². The van der Waals surface area contributed by atoms with Crippen molar-refractivity contribution in [3.63, 3.8) is 0 Å². The normalized spacial score (nSPS) is 11.3. The Kier molecular flexibility index (Phi) is 8.22. The van der Waals surface area contributed by atoms with Crippen LogP contribution in [0.4, 0.5) is 4.39 Å². The van der Waals surface area contributed by atoms with Crippen molar-refractivity contribution in [2.45, 2.75) is 26.0 Å². The summed E-state index contributed by atoms with van der Waals surface area (Å²) >= 11 is 0. The molecule has 0 aliphatic rings. The molecule has 0 saturated heterocycles. The largest absolute Gasteiger partial charge is 0.489 e. The summed E-state index contributed by atoms with van der Waals surface area (Å²) < 4.78 is 18.6. The average molecular weight is 353 g/mol. The van der Waals surface area contributed by atoms with Gasteiger partial charge in [0.05, 0.1) is 0 Å². The van der Waals surface area contributed by atoms with Gasteiger partial charge < -0.3 is 15.8 Å². The number of rotatable bonds is 7. The molecule has 1 unspecified atom stereocenters. The number of hydrogen-bond acceptors (Lipinski definition) is 3. The summed E-state index contributed by atoms with van der Waals surface area (Å²) in [4.78, 5) is 12.1. The number of ether oxygens (including phenoxy) is 1. The fraction of sp³-hybridized carbons (Fsp3) is 0.278. The summed E-state index contributed by atoms with van der Waals surface area (Å²) in [5.74, 6) is -0.0280. The maximum Gasteiger partial charge on any atom is 0.251 e. The van der Waals surface area contributed by atoms with Gasteiger partial charge in [-0.1, -0.05) is 18.2 Å². The lowest BCUT2D eigenvalue weighted by atomic mass is 10.1. The molecule has 0 heterocycles. The van der Waals surface area contributed by atoms with Crippen LogP contribution in [0, 0.1) is 5.82 Å². The zero-order chi connectivity index (χ0) is 16.7. The van der Waals surface area contributed by atoms with E-state index in [4.69, 9.17) is 10.5 Å². The van der Waals surface area contributed by atoms with E-state index in [9.17, 15) is 9.18 Å². The Morgan fingerprint density at radius 3 is 2.71 bits per heavy atom. The Labute approximate surface area is 147 Å². The van der Waals surface area contributed by atoms with E-state index in [1.165, 1.54) is 12.1 Å². The van der Waals surface area contributed by atoms with Crippen molar-refractivity contribution >= 4 is 18.3 Å². The van der Waals surface area contributed by atoms with Crippen LogP contribution in [0.15, 0.2) is 48.5 Å². The molecule has 2 rings (SSSR count).